The maximum atomic E-state index is 5.40. The second-order valence-corrected chi connectivity index (χ2v) is 3.03. The Morgan fingerprint density at radius 3 is 2.50 bits per heavy atom. The number of nitrogens with two attached hydrogens (primary N) is 2. The van der Waals surface area contributed by atoms with E-state index < -0.39 is 0 Å². The zero-order chi connectivity index (χ0) is 9.97. The molecule has 14 heavy (non-hydrogen) atoms. The molecule has 2 aromatic rings. The third-order valence-corrected chi connectivity index (χ3v) is 2.20. The highest BCUT2D eigenvalue weighted by atomic mass is 15.2. The predicted molar refractivity (Wildman–Crippen MR) is 59.6 cm³/mol. The van der Waals surface area contributed by atoms with E-state index in [0.717, 1.165) is 22.1 Å². The van der Waals surface area contributed by atoms with Gasteiger partial charge in [0.05, 0.1) is 5.69 Å². The van der Waals surface area contributed by atoms with E-state index >= 15 is 0 Å². The minimum Gasteiger partial charge on any atom is -0.324 e. The molecule has 0 radical (unpaired) electrons. The topological polar surface area (TPSA) is 76.1 Å². The summed E-state index contributed by atoms with van der Waals surface area (Å²) in [5, 5.41) is 2.17. The quantitative estimate of drug-likeness (QED) is 0.424. The van der Waals surface area contributed by atoms with E-state index in [1.54, 1.807) is 0 Å². The summed E-state index contributed by atoms with van der Waals surface area (Å²) in [5.74, 6) is 10.7. The Kier molecular flexibility index (Phi) is 2.22. The third kappa shape index (κ3) is 1.37. The Morgan fingerprint density at radius 2 is 1.79 bits per heavy atom. The van der Waals surface area contributed by atoms with Gasteiger partial charge in [-0.05, 0) is 23.6 Å². The van der Waals surface area contributed by atoms with E-state index in [1.807, 2.05) is 36.4 Å². The van der Waals surface area contributed by atoms with Crippen LogP contribution >= 0.6 is 0 Å². The summed E-state index contributed by atoms with van der Waals surface area (Å²) >= 11 is 0. The minimum atomic E-state index is 0.881. The van der Waals surface area contributed by atoms with Gasteiger partial charge in [0.1, 0.15) is 0 Å². The van der Waals surface area contributed by atoms with Crippen LogP contribution in [0.25, 0.3) is 10.8 Å². The number of anilines is 2. The Labute approximate surface area is 81.8 Å². The molecule has 0 saturated heterocycles. The molecule has 2 aromatic carbocycles. The molecule has 0 atom stereocenters. The summed E-state index contributed by atoms with van der Waals surface area (Å²) in [5.41, 5.74) is 7.05. The van der Waals surface area contributed by atoms with Gasteiger partial charge in [-0.25, -0.2) is 0 Å². The molecule has 0 fully saturated rings. The SMILES string of the molecule is NNc1ccc2c(NN)cccc2c1. The fraction of sp³-hybridized carbons (Fsp3) is 0. The Balaban J connectivity index is 2.67. The average Bonchev–Trinajstić information content (AvgIpc) is 2.27. The molecule has 2 rings (SSSR count). The summed E-state index contributed by atoms with van der Waals surface area (Å²) < 4.78 is 0. The van der Waals surface area contributed by atoms with Gasteiger partial charge in [-0.15, -0.1) is 0 Å². The van der Waals surface area contributed by atoms with Gasteiger partial charge in [-0.3, -0.25) is 11.7 Å². The van der Waals surface area contributed by atoms with E-state index in [-0.39, 0.29) is 0 Å². The highest BCUT2D eigenvalue weighted by Gasteiger charge is 1.99. The van der Waals surface area contributed by atoms with Gasteiger partial charge < -0.3 is 10.9 Å². The van der Waals surface area contributed by atoms with E-state index in [4.69, 9.17) is 11.7 Å². The van der Waals surface area contributed by atoms with Crippen molar-refractivity contribution < 1.29 is 0 Å². The van der Waals surface area contributed by atoms with E-state index in [2.05, 4.69) is 10.9 Å². The van der Waals surface area contributed by atoms with Crippen LogP contribution in [0.3, 0.4) is 0 Å². The molecule has 0 unspecified atom stereocenters. The molecule has 0 amide bonds. The standard InChI is InChI=1S/C10H12N4/c11-13-8-4-5-9-7(6-8)2-1-3-10(9)14-12/h1-6,13-14H,11-12H2. The summed E-state index contributed by atoms with van der Waals surface area (Å²) in [4.78, 5) is 0. The number of benzene rings is 2. The second kappa shape index (κ2) is 3.53. The maximum absolute atomic E-state index is 5.40. The fourth-order valence-corrected chi connectivity index (χ4v) is 1.50. The molecule has 72 valence electrons. The Bertz CT molecular complexity index is 453. The van der Waals surface area contributed by atoms with Crippen LogP contribution in [0.1, 0.15) is 0 Å². The molecule has 0 heterocycles. The van der Waals surface area contributed by atoms with Crippen molar-refractivity contribution in [2.45, 2.75) is 0 Å². The van der Waals surface area contributed by atoms with Crippen molar-refractivity contribution in [2.75, 3.05) is 10.9 Å². The Hall–Kier alpha value is -1.78. The van der Waals surface area contributed by atoms with Crippen molar-refractivity contribution in [2.24, 2.45) is 11.7 Å². The fourth-order valence-electron chi connectivity index (χ4n) is 1.50. The number of hydrogen-bond acceptors (Lipinski definition) is 4. The van der Waals surface area contributed by atoms with Crippen molar-refractivity contribution in [3.8, 4) is 0 Å². The highest BCUT2D eigenvalue weighted by Crippen LogP contribution is 2.24. The van der Waals surface area contributed by atoms with Crippen molar-refractivity contribution in [3.63, 3.8) is 0 Å². The lowest BCUT2D eigenvalue weighted by Gasteiger charge is -2.07. The Morgan fingerprint density at radius 1 is 0.929 bits per heavy atom. The molecule has 0 aliphatic heterocycles. The van der Waals surface area contributed by atoms with Crippen LogP contribution in [0.5, 0.6) is 0 Å². The van der Waals surface area contributed by atoms with Crippen LogP contribution in [0, 0.1) is 0 Å². The number of hydrazine groups is 2. The maximum Gasteiger partial charge on any atom is 0.0563 e. The average molecular weight is 188 g/mol. The van der Waals surface area contributed by atoms with E-state index in [1.165, 1.54) is 0 Å². The van der Waals surface area contributed by atoms with Gasteiger partial charge in [-0.1, -0.05) is 18.2 Å². The van der Waals surface area contributed by atoms with E-state index in [9.17, 15) is 0 Å². The summed E-state index contributed by atoms with van der Waals surface area (Å²) in [7, 11) is 0. The highest BCUT2D eigenvalue weighted by molar-refractivity contribution is 5.95. The van der Waals surface area contributed by atoms with Gasteiger partial charge in [0.2, 0.25) is 0 Å². The summed E-state index contributed by atoms with van der Waals surface area (Å²) in [6.45, 7) is 0. The molecule has 6 N–H and O–H groups in total. The molecule has 0 spiro atoms. The monoisotopic (exact) mass is 188 g/mol. The number of rotatable bonds is 2. The first-order chi connectivity index (χ1) is 6.85. The molecule has 0 aliphatic rings. The lowest BCUT2D eigenvalue weighted by atomic mass is 10.1. The van der Waals surface area contributed by atoms with Crippen molar-refractivity contribution in [3.05, 3.63) is 36.4 Å². The largest absolute Gasteiger partial charge is 0.324 e. The van der Waals surface area contributed by atoms with Crippen LogP contribution in [0.4, 0.5) is 11.4 Å². The van der Waals surface area contributed by atoms with Crippen LogP contribution in [0.2, 0.25) is 0 Å². The molecule has 0 bridgehead atoms. The molecular weight excluding hydrogens is 176 g/mol. The normalized spacial score (nSPS) is 10.1. The van der Waals surface area contributed by atoms with Crippen molar-refractivity contribution >= 4 is 22.1 Å². The number of nitrogen functional groups attached to an aromatic ring is 2. The van der Waals surface area contributed by atoms with E-state index in [0.29, 0.717) is 0 Å². The zero-order valence-corrected chi connectivity index (χ0v) is 7.62. The van der Waals surface area contributed by atoms with Crippen LogP contribution in [0.15, 0.2) is 36.4 Å². The van der Waals surface area contributed by atoms with Gasteiger partial charge in [0.15, 0.2) is 0 Å². The van der Waals surface area contributed by atoms with Crippen molar-refractivity contribution in [1.82, 2.24) is 0 Å². The van der Waals surface area contributed by atoms with Gasteiger partial charge >= 0.3 is 0 Å². The second-order valence-electron chi connectivity index (χ2n) is 3.03. The summed E-state index contributed by atoms with van der Waals surface area (Å²) in [6, 6.07) is 11.7. The summed E-state index contributed by atoms with van der Waals surface area (Å²) in [6.07, 6.45) is 0. The smallest absolute Gasteiger partial charge is 0.0563 e. The lowest BCUT2D eigenvalue weighted by molar-refractivity contribution is 1.35. The number of nitrogens with one attached hydrogen (secondary N) is 2. The number of fused-ring (bicyclic) bond motifs is 1. The van der Waals surface area contributed by atoms with Gasteiger partial charge in [-0.2, -0.15) is 0 Å². The van der Waals surface area contributed by atoms with Crippen LogP contribution in [-0.4, -0.2) is 0 Å². The third-order valence-electron chi connectivity index (χ3n) is 2.20. The molecule has 0 aliphatic carbocycles. The molecule has 4 heteroatoms. The van der Waals surface area contributed by atoms with Crippen LogP contribution < -0.4 is 22.5 Å². The minimum absolute atomic E-state index is 0.881. The first-order valence-electron chi connectivity index (χ1n) is 4.31. The van der Waals surface area contributed by atoms with Gasteiger partial charge in [0, 0.05) is 11.1 Å². The number of hydrogen-bond donors (Lipinski definition) is 4. The molecule has 4 nitrogen and oxygen atoms in total. The molecular formula is C10H12N4. The lowest BCUT2D eigenvalue weighted by Crippen LogP contribution is -2.08. The predicted octanol–water partition coefficient (Wildman–Crippen LogP) is 1.41. The molecule has 0 aromatic heterocycles. The van der Waals surface area contributed by atoms with Crippen molar-refractivity contribution in [1.29, 1.82) is 0 Å². The molecule has 0 saturated carbocycles. The first kappa shape index (κ1) is 8.80. The zero-order valence-electron chi connectivity index (χ0n) is 7.62. The van der Waals surface area contributed by atoms with Crippen LogP contribution in [-0.2, 0) is 0 Å². The van der Waals surface area contributed by atoms with Gasteiger partial charge in [0.25, 0.3) is 0 Å². The first-order valence-corrected chi connectivity index (χ1v) is 4.31.